The molecule has 4 nitrogen and oxygen atoms in total. The third-order valence-electron chi connectivity index (χ3n) is 3.66. The molecule has 1 unspecified atom stereocenters. The van der Waals surface area contributed by atoms with E-state index in [9.17, 15) is 9.90 Å². The van der Waals surface area contributed by atoms with Crippen molar-refractivity contribution in [3.63, 3.8) is 0 Å². The van der Waals surface area contributed by atoms with Crippen LogP contribution in [0.2, 0.25) is 0 Å². The summed E-state index contributed by atoms with van der Waals surface area (Å²) in [6.07, 6.45) is 3.73. The monoisotopic (exact) mass is 302 g/mol. The molecule has 1 aliphatic carbocycles. The molecule has 1 heterocycles. The number of aromatic nitrogens is 1. The Hall–Kier alpha value is -1.72. The Morgan fingerprint density at radius 1 is 1.29 bits per heavy atom. The molecule has 0 fully saturated rings. The molecular formula is C16H18N2O2S. The molecule has 21 heavy (non-hydrogen) atoms. The summed E-state index contributed by atoms with van der Waals surface area (Å²) in [5.74, 6) is -0.197. The maximum absolute atomic E-state index is 12.0. The van der Waals surface area contributed by atoms with Gasteiger partial charge >= 0.3 is 0 Å². The van der Waals surface area contributed by atoms with E-state index in [0.717, 1.165) is 24.1 Å². The first-order valence-electron chi connectivity index (χ1n) is 7.24. The van der Waals surface area contributed by atoms with Crippen molar-refractivity contribution in [3.05, 3.63) is 46.5 Å². The predicted molar refractivity (Wildman–Crippen MR) is 83.4 cm³/mol. The lowest BCUT2D eigenvalue weighted by molar-refractivity contribution is -0.118. The molecule has 0 saturated heterocycles. The van der Waals surface area contributed by atoms with Gasteiger partial charge in [-0.1, -0.05) is 30.3 Å². The fourth-order valence-electron chi connectivity index (χ4n) is 2.54. The highest BCUT2D eigenvalue weighted by Crippen LogP contribution is 2.29. The van der Waals surface area contributed by atoms with Crippen LogP contribution in [0.3, 0.4) is 0 Å². The van der Waals surface area contributed by atoms with E-state index in [1.807, 2.05) is 30.3 Å². The summed E-state index contributed by atoms with van der Waals surface area (Å²) in [6.45, 7) is 0. The minimum atomic E-state index is -0.777. The van der Waals surface area contributed by atoms with Gasteiger partial charge in [0.05, 0.1) is 18.2 Å². The van der Waals surface area contributed by atoms with Crippen molar-refractivity contribution in [3.8, 4) is 0 Å². The van der Waals surface area contributed by atoms with Crippen molar-refractivity contribution in [2.45, 2.75) is 38.2 Å². The molecule has 0 aliphatic heterocycles. The van der Waals surface area contributed by atoms with E-state index in [-0.39, 0.29) is 12.3 Å². The van der Waals surface area contributed by atoms with Crippen LogP contribution in [0, 0.1) is 0 Å². The summed E-state index contributed by atoms with van der Waals surface area (Å²) in [7, 11) is 0. The van der Waals surface area contributed by atoms with Crippen molar-refractivity contribution in [2.24, 2.45) is 0 Å². The van der Waals surface area contributed by atoms with Crippen LogP contribution >= 0.6 is 11.3 Å². The molecule has 1 aromatic carbocycles. The number of thiazole rings is 1. The van der Waals surface area contributed by atoms with Gasteiger partial charge in [-0.2, -0.15) is 0 Å². The quantitative estimate of drug-likeness (QED) is 0.912. The lowest BCUT2D eigenvalue weighted by Crippen LogP contribution is -2.15. The zero-order chi connectivity index (χ0) is 14.7. The van der Waals surface area contributed by atoms with E-state index in [1.54, 1.807) is 11.3 Å². The van der Waals surface area contributed by atoms with Crippen LogP contribution in [0.15, 0.2) is 30.3 Å². The summed E-state index contributed by atoms with van der Waals surface area (Å²) in [6, 6.07) is 9.23. The number of nitrogens with one attached hydrogen (secondary N) is 1. The Balaban J connectivity index is 1.60. The molecule has 110 valence electrons. The summed E-state index contributed by atoms with van der Waals surface area (Å²) in [4.78, 5) is 17.8. The number of aliphatic hydroxyl groups excluding tert-OH is 1. The van der Waals surface area contributed by atoms with Gasteiger partial charge in [-0.25, -0.2) is 4.98 Å². The highest BCUT2D eigenvalue weighted by Gasteiger charge is 2.18. The summed E-state index contributed by atoms with van der Waals surface area (Å²) >= 11 is 1.56. The Labute approximate surface area is 127 Å². The topological polar surface area (TPSA) is 62.2 Å². The van der Waals surface area contributed by atoms with Crippen LogP contribution < -0.4 is 5.32 Å². The standard InChI is InChI=1S/C16H18N2O2S/c19-13(11-6-2-1-3-7-11)10-15(20)18-16-17-12-8-4-5-9-14(12)21-16/h1-3,6-7,13,19H,4-5,8-10H2,(H,17,18,20). The number of anilines is 1. The van der Waals surface area contributed by atoms with Crippen LogP contribution in [0.1, 0.15) is 41.5 Å². The molecule has 0 spiro atoms. The molecule has 1 amide bonds. The van der Waals surface area contributed by atoms with Crippen molar-refractivity contribution >= 4 is 22.4 Å². The number of fused-ring (bicyclic) bond motifs is 1. The number of carbonyl (C=O) groups is 1. The van der Waals surface area contributed by atoms with E-state index in [2.05, 4.69) is 10.3 Å². The Morgan fingerprint density at radius 2 is 2.05 bits per heavy atom. The van der Waals surface area contributed by atoms with Crippen LogP contribution in [0.4, 0.5) is 5.13 Å². The van der Waals surface area contributed by atoms with Gasteiger partial charge in [-0.15, -0.1) is 11.3 Å². The van der Waals surface area contributed by atoms with E-state index in [1.165, 1.54) is 17.7 Å². The van der Waals surface area contributed by atoms with E-state index in [0.29, 0.717) is 5.13 Å². The fourth-order valence-corrected chi connectivity index (χ4v) is 3.61. The first kappa shape index (κ1) is 14.2. The minimum absolute atomic E-state index is 0.0499. The molecule has 0 radical (unpaired) electrons. The molecule has 5 heteroatoms. The van der Waals surface area contributed by atoms with Gasteiger partial charge in [0.2, 0.25) is 5.91 Å². The maximum atomic E-state index is 12.0. The van der Waals surface area contributed by atoms with Crippen LogP contribution in [0.25, 0.3) is 0 Å². The average Bonchev–Trinajstić information content (AvgIpc) is 2.90. The highest BCUT2D eigenvalue weighted by atomic mass is 32.1. The molecule has 0 saturated carbocycles. The van der Waals surface area contributed by atoms with Gasteiger partial charge in [-0.05, 0) is 31.2 Å². The van der Waals surface area contributed by atoms with Crippen molar-refractivity contribution in [1.82, 2.24) is 4.98 Å². The molecule has 0 bridgehead atoms. The number of aliphatic hydroxyl groups is 1. The van der Waals surface area contributed by atoms with Gasteiger partial charge in [0, 0.05) is 4.88 Å². The number of benzene rings is 1. The normalized spacial score (nSPS) is 15.3. The third-order valence-corrected chi connectivity index (χ3v) is 4.73. The fraction of sp³-hybridized carbons (Fsp3) is 0.375. The Bertz CT molecular complexity index is 601. The number of amides is 1. The summed E-state index contributed by atoms with van der Waals surface area (Å²) < 4.78 is 0. The van der Waals surface area contributed by atoms with Crippen molar-refractivity contribution in [2.75, 3.05) is 5.32 Å². The van der Waals surface area contributed by atoms with E-state index < -0.39 is 6.10 Å². The zero-order valence-electron chi connectivity index (χ0n) is 11.7. The number of hydrogen-bond acceptors (Lipinski definition) is 4. The first-order chi connectivity index (χ1) is 10.2. The SMILES string of the molecule is O=C(CC(O)c1ccccc1)Nc1nc2c(s1)CCCC2. The lowest BCUT2D eigenvalue weighted by Gasteiger charge is -2.09. The first-order valence-corrected chi connectivity index (χ1v) is 8.05. The maximum Gasteiger partial charge on any atom is 0.229 e. The summed E-state index contributed by atoms with van der Waals surface area (Å²) in [5, 5.41) is 13.5. The van der Waals surface area contributed by atoms with Crippen molar-refractivity contribution in [1.29, 1.82) is 0 Å². The Kier molecular flexibility index (Phi) is 4.31. The lowest BCUT2D eigenvalue weighted by atomic mass is 10.0. The Morgan fingerprint density at radius 3 is 2.81 bits per heavy atom. The number of aryl methyl sites for hydroxylation is 2. The molecule has 1 aliphatic rings. The van der Waals surface area contributed by atoms with Gasteiger partial charge in [0.25, 0.3) is 0 Å². The van der Waals surface area contributed by atoms with E-state index >= 15 is 0 Å². The predicted octanol–water partition coefficient (Wildman–Crippen LogP) is 3.08. The largest absolute Gasteiger partial charge is 0.388 e. The van der Waals surface area contributed by atoms with Gasteiger partial charge in [0.1, 0.15) is 0 Å². The molecule has 2 N–H and O–H groups in total. The third kappa shape index (κ3) is 3.49. The second kappa shape index (κ2) is 6.37. The smallest absolute Gasteiger partial charge is 0.229 e. The van der Waals surface area contributed by atoms with Gasteiger partial charge < -0.3 is 10.4 Å². The number of hydrogen-bond donors (Lipinski definition) is 2. The molecule has 2 aromatic rings. The molecular weight excluding hydrogens is 284 g/mol. The highest BCUT2D eigenvalue weighted by molar-refractivity contribution is 7.15. The van der Waals surface area contributed by atoms with Crippen molar-refractivity contribution < 1.29 is 9.90 Å². The molecule has 1 aromatic heterocycles. The van der Waals surface area contributed by atoms with Gasteiger partial charge in [0.15, 0.2) is 5.13 Å². The molecule has 1 atom stereocenters. The number of carbonyl (C=O) groups excluding carboxylic acids is 1. The summed E-state index contributed by atoms with van der Waals surface area (Å²) in [5.41, 5.74) is 1.89. The zero-order valence-corrected chi connectivity index (χ0v) is 12.5. The van der Waals surface area contributed by atoms with Crippen LogP contribution in [0.5, 0.6) is 0 Å². The minimum Gasteiger partial charge on any atom is -0.388 e. The second-order valence-corrected chi connectivity index (χ2v) is 6.36. The molecule has 3 rings (SSSR count). The second-order valence-electron chi connectivity index (χ2n) is 5.27. The van der Waals surface area contributed by atoms with Crippen LogP contribution in [-0.4, -0.2) is 16.0 Å². The van der Waals surface area contributed by atoms with E-state index in [4.69, 9.17) is 0 Å². The van der Waals surface area contributed by atoms with Gasteiger partial charge in [-0.3, -0.25) is 4.79 Å². The average molecular weight is 302 g/mol. The number of nitrogens with zero attached hydrogens (tertiary/aromatic N) is 1. The van der Waals surface area contributed by atoms with Crippen LogP contribution in [-0.2, 0) is 17.6 Å². The number of rotatable bonds is 4.